The lowest BCUT2D eigenvalue weighted by molar-refractivity contribution is 0.469. The molecule has 0 atom stereocenters. The van der Waals surface area contributed by atoms with Crippen LogP contribution < -0.4 is 0 Å². The maximum absolute atomic E-state index is 10.0. The Balaban J connectivity index is 2.22. The number of benzene rings is 2. The second kappa shape index (κ2) is 8.63. The molecule has 2 aromatic carbocycles. The van der Waals surface area contributed by atoms with Crippen LogP contribution >= 0.6 is 0 Å². The third-order valence-corrected chi connectivity index (χ3v) is 4.26. The molecular weight excluding hydrogens is 268 g/mol. The minimum absolute atomic E-state index is 0.402. The molecule has 1 N–H and O–H groups in total. The van der Waals surface area contributed by atoms with Crippen molar-refractivity contribution < 1.29 is 5.11 Å². The van der Waals surface area contributed by atoms with E-state index in [1.807, 2.05) is 18.2 Å². The molecule has 0 unspecified atom stereocenters. The molecule has 0 heterocycles. The van der Waals surface area contributed by atoms with Gasteiger partial charge in [-0.25, -0.2) is 0 Å². The van der Waals surface area contributed by atoms with Gasteiger partial charge in [-0.2, -0.15) is 0 Å². The van der Waals surface area contributed by atoms with E-state index >= 15 is 0 Å². The molecule has 0 radical (unpaired) electrons. The summed E-state index contributed by atoms with van der Waals surface area (Å²) in [5.74, 6) is 0.402. The fourth-order valence-electron chi connectivity index (χ4n) is 2.85. The first-order valence-electron chi connectivity index (χ1n) is 8.62. The number of aryl methyl sites for hydroxylation is 2. The zero-order valence-electron chi connectivity index (χ0n) is 13.9. The Kier molecular flexibility index (Phi) is 6.51. The highest BCUT2D eigenvalue weighted by Gasteiger charge is 2.08. The summed E-state index contributed by atoms with van der Waals surface area (Å²) in [6.07, 6.45) is 8.07. The predicted octanol–water partition coefficient (Wildman–Crippen LogP) is 5.67. The lowest BCUT2D eigenvalue weighted by Crippen LogP contribution is -1.99. The Morgan fingerprint density at radius 1 is 0.773 bits per heavy atom. The number of hydrogen-bond acceptors (Lipinski definition) is 1. The molecule has 118 valence electrons. The Bertz CT molecular complexity index is 586. The lowest BCUT2D eigenvalue weighted by Gasteiger charge is -2.13. The molecule has 0 saturated carbocycles. The fraction of sp³-hybridized carbons (Fsp3) is 0.429. The molecule has 0 spiro atoms. The van der Waals surface area contributed by atoms with Crippen LogP contribution in [-0.4, -0.2) is 5.11 Å². The summed E-state index contributed by atoms with van der Waals surface area (Å²) >= 11 is 0. The smallest absolute Gasteiger partial charge is 0.119 e. The topological polar surface area (TPSA) is 20.2 Å². The standard InChI is InChI=1S/C21H28O/c1-3-5-9-17-13-14-19(18(15-17)10-6-4-2)16-20-11-7-8-12-21(20)22/h7-8,11-15,22H,3-6,9-10,16H2,1-2H3. The van der Waals surface area contributed by atoms with E-state index in [1.54, 1.807) is 6.07 Å². The Labute approximate surface area is 135 Å². The molecule has 0 amide bonds. The van der Waals surface area contributed by atoms with Crippen molar-refractivity contribution in [1.29, 1.82) is 0 Å². The first kappa shape index (κ1) is 16.6. The van der Waals surface area contributed by atoms with Crippen molar-refractivity contribution in [2.45, 2.75) is 58.8 Å². The monoisotopic (exact) mass is 296 g/mol. The van der Waals surface area contributed by atoms with Crippen LogP contribution in [0.5, 0.6) is 5.75 Å². The van der Waals surface area contributed by atoms with Gasteiger partial charge in [0.05, 0.1) is 0 Å². The number of aromatic hydroxyl groups is 1. The minimum atomic E-state index is 0.402. The molecule has 1 nitrogen and oxygen atoms in total. The summed E-state index contributed by atoms with van der Waals surface area (Å²) in [4.78, 5) is 0. The molecule has 0 aliphatic rings. The van der Waals surface area contributed by atoms with Gasteiger partial charge in [0.2, 0.25) is 0 Å². The molecular formula is C21H28O. The summed E-state index contributed by atoms with van der Waals surface area (Å²) in [6, 6.07) is 14.6. The van der Waals surface area contributed by atoms with Crippen LogP contribution in [-0.2, 0) is 19.3 Å². The Morgan fingerprint density at radius 2 is 1.50 bits per heavy atom. The normalized spacial score (nSPS) is 10.8. The zero-order chi connectivity index (χ0) is 15.8. The average Bonchev–Trinajstić information content (AvgIpc) is 2.54. The maximum Gasteiger partial charge on any atom is 0.119 e. The van der Waals surface area contributed by atoms with Crippen molar-refractivity contribution in [3.8, 4) is 5.75 Å². The van der Waals surface area contributed by atoms with E-state index in [-0.39, 0.29) is 0 Å². The van der Waals surface area contributed by atoms with Crippen LogP contribution in [0.15, 0.2) is 42.5 Å². The third-order valence-electron chi connectivity index (χ3n) is 4.26. The minimum Gasteiger partial charge on any atom is -0.508 e. The summed E-state index contributed by atoms with van der Waals surface area (Å²) in [5.41, 5.74) is 5.28. The average molecular weight is 296 g/mol. The number of hydrogen-bond donors (Lipinski definition) is 1. The Morgan fingerprint density at radius 3 is 2.23 bits per heavy atom. The first-order valence-corrected chi connectivity index (χ1v) is 8.62. The van der Waals surface area contributed by atoms with E-state index in [0.29, 0.717) is 5.75 Å². The fourth-order valence-corrected chi connectivity index (χ4v) is 2.85. The van der Waals surface area contributed by atoms with Crippen molar-refractivity contribution in [1.82, 2.24) is 0 Å². The zero-order valence-corrected chi connectivity index (χ0v) is 13.9. The van der Waals surface area contributed by atoms with Crippen LogP contribution in [0.1, 0.15) is 61.8 Å². The highest BCUT2D eigenvalue weighted by Crippen LogP contribution is 2.24. The molecule has 2 aromatic rings. The van der Waals surface area contributed by atoms with Crippen LogP contribution in [0.4, 0.5) is 0 Å². The molecule has 0 saturated heterocycles. The van der Waals surface area contributed by atoms with E-state index in [9.17, 15) is 5.11 Å². The number of phenols is 1. The number of unbranched alkanes of at least 4 members (excludes halogenated alkanes) is 2. The van der Waals surface area contributed by atoms with Gasteiger partial charge in [0, 0.05) is 6.42 Å². The highest BCUT2D eigenvalue weighted by molar-refractivity contribution is 5.40. The first-order chi connectivity index (χ1) is 10.7. The second-order valence-electron chi connectivity index (χ2n) is 6.12. The van der Waals surface area contributed by atoms with Gasteiger partial charge in [0.15, 0.2) is 0 Å². The third kappa shape index (κ3) is 4.62. The second-order valence-corrected chi connectivity index (χ2v) is 6.12. The van der Waals surface area contributed by atoms with Crippen LogP contribution in [0.3, 0.4) is 0 Å². The summed E-state index contributed by atoms with van der Waals surface area (Å²) in [5, 5.41) is 10.0. The number of para-hydroxylation sites is 1. The van der Waals surface area contributed by atoms with Crippen molar-refractivity contribution >= 4 is 0 Å². The summed E-state index contributed by atoms with van der Waals surface area (Å²) in [7, 11) is 0. The Hall–Kier alpha value is -1.76. The van der Waals surface area contributed by atoms with Gasteiger partial charge in [0.1, 0.15) is 5.75 Å². The summed E-state index contributed by atoms with van der Waals surface area (Å²) < 4.78 is 0. The van der Waals surface area contributed by atoms with Gasteiger partial charge in [-0.05, 0) is 54.0 Å². The lowest BCUT2D eigenvalue weighted by atomic mass is 9.93. The molecule has 0 aliphatic carbocycles. The van der Waals surface area contributed by atoms with Crippen molar-refractivity contribution in [3.63, 3.8) is 0 Å². The van der Waals surface area contributed by atoms with Gasteiger partial charge in [-0.15, -0.1) is 0 Å². The van der Waals surface area contributed by atoms with Gasteiger partial charge in [-0.3, -0.25) is 0 Å². The van der Waals surface area contributed by atoms with E-state index in [1.165, 1.54) is 48.8 Å². The summed E-state index contributed by atoms with van der Waals surface area (Å²) in [6.45, 7) is 4.48. The maximum atomic E-state index is 10.0. The van der Waals surface area contributed by atoms with Gasteiger partial charge in [-0.1, -0.05) is 63.1 Å². The number of phenolic OH excluding ortho intramolecular Hbond substituents is 1. The molecule has 0 aromatic heterocycles. The van der Waals surface area contributed by atoms with E-state index in [4.69, 9.17) is 0 Å². The van der Waals surface area contributed by atoms with Crippen molar-refractivity contribution in [3.05, 3.63) is 64.7 Å². The molecule has 1 heteroatoms. The van der Waals surface area contributed by atoms with Crippen molar-refractivity contribution in [2.75, 3.05) is 0 Å². The highest BCUT2D eigenvalue weighted by atomic mass is 16.3. The van der Waals surface area contributed by atoms with Gasteiger partial charge in [0.25, 0.3) is 0 Å². The van der Waals surface area contributed by atoms with Crippen LogP contribution in [0.25, 0.3) is 0 Å². The van der Waals surface area contributed by atoms with E-state index < -0.39 is 0 Å². The molecule has 0 fully saturated rings. The SMILES string of the molecule is CCCCc1ccc(Cc2ccccc2O)c(CCCC)c1. The van der Waals surface area contributed by atoms with Crippen molar-refractivity contribution in [2.24, 2.45) is 0 Å². The molecule has 0 aliphatic heterocycles. The molecule has 22 heavy (non-hydrogen) atoms. The van der Waals surface area contributed by atoms with Gasteiger partial charge < -0.3 is 5.11 Å². The predicted molar refractivity (Wildman–Crippen MR) is 94.6 cm³/mol. The van der Waals surface area contributed by atoms with Crippen LogP contribution in [0.2, 0.25) is 0 Å². The number of rotatable bonds is 8. The van der Waals surface area contributed by atoms with Crippen LogP contribution in [0, 0.1) is 0 Å². The quantitative estimate of drug-likeness (QED) is 0.665. The van der Waals surface area contributed by atoms with E-state index in [0.717, 1.165) is 18.4 Å². The van der Waals surface area contributed by atoms with E-state index in [2.05, 4.69) is 32.0 Å². The molecule has 0 bridgehead atoms. The largest absolute Gasteiger partial charge is 0.508 e. The molecule has 2 rings (SSSR count). The van der Waals surface area contributed by atoms with Gasteiger partial charge >= 0.3 is 0 Å².